The number of hydrogen-bond acceptors (Lipinski definition) is 3. The Morgan fingerprint density at radius 3 is 2.63 bits per heavy atom. The molecule has 1 aromatic rings. The zero-order valence-corrected chi connectivity index (χ0v) is 12.1. The number of nitrogens with zero attached hydrogens (tertiary/aromatic N) is 1. The van der Waals surface area contributed by atoms with E-state index in [-0.39, 0.29) is 12.5 Å². The Kier molecular flexibility index (Phi) is 5.83. The van der Waals surface area contributed by atoms with Gasteiger partial charge in [0.2, 0.25) is 0 Å². The quantitative estimate of drug-likeness (QED) is 0.823. The van der Waals surface area contributed by atoms with Crippen LogP contribution in [0.3, 0.4) is 0 Å². The first-order valence-electron chi connectivity index (χ1n) is 6.48. The zero-order valence-electron chi connectivity index (χ0n) is 12.1. The molecule has 1 aromatic carbocycles. The van der Waals surface area contributed by atoms with Crippen LogP contribution in [-0.2, 0) is 4.79 Å². The van der Waals surface area contributed by atoms with Crippen molar-refractivity contribution in [2.24, 2.45) is 0 Å². The highest BCUT2D eigenvalue weighted by Gasteiger charge is 2.18. The maximum absolute atomic E-state index is 10.6. The van der Waals surface area contributed by atoms with Crippen molar-refractivity contribution < 1.29 is 14.6 Å². The molecule has 0 amide bonds. The van der Waals surface area contributed by atoms with Gasteiger partial charge >= 0.3 is 5.97 Å². The fourth-order valence-electron chi connectivity index (χ4n) is 2.25. The van der Waals surface area contributed by atoms with Crippen LogP contribution in [0.1, 0.15) is 36.4 Å². The minimum atomic E-state index is -0.742. The zero-order chi connectivity index (χ0) is 14.4. The van der Waals surface area contributed by atoms with Gasteiger partial charge in [-0.05, 0) is 39.9 Å². The van der Waals surface area contributed by atoms with E-state index in [1.807, 2.05) is 33.2 Å². The number of ether oxygens (including phenoxy) is 1. The lowest BCUT2D eigenvalue weighted by molar-refractivity contribution is -0.137. The van der Waals surface area contributed by atoms with Crippen molar-refractivity contribution in [1.29, 1.82) is 0 Å². The molecule has 0 aliphatic rings. The van der Waals surface area contributed by atoms with E-state index in [2.05, 4.69) is 11.0 Å². The van der Waals surface area contributed by atoms with E-state index in [4.69, 9.17) is 9.84 Å². The van der Waals surface area contributed by atoms with Crippen LogP contribution in [0.15, 0.2) is 18.2 Å². The monoisotopic (exact) mass is 265 g/mol. The summed E-state index contributed by atoms with van der Waals surface area (Å²) < 4.78 is 5.42. The largest absolute Gasteiger partial charge is 0.496 e. The average Bonchev–Trinajstić information content (AvgIpc) is 2.34. The van der Waals surface area contributed by atoms with Crippen molar-refractivity contribution in [1.82, 2.24) is 4.90 Å². The summed E-state index contributed by atoms with van der Waals surface area (Å²) in [4.78, 5) is 12.7. The smallest absolute Gasteiger partial charge is 0.303 e. The van der Waals surface area contributed by atoms with Crippen LogP contribution in [0.25, 0.3) is 0 Å². The first-order valence-corrected chi connectivity index (χ1v) is 6.48. The number of carboxylic acids is 1. The Hall–Kier alpha value is -1.55. The van der Waals surface area contributed by atoms with Crippen molar-refractivity contribution in [2.45, 2.75) is 32.2 Å². The van der Waals surface area contributed by atoms with Gasteiger partial charge in [0, 0.05) is 18.0 Å². The summed E-state index contributed by atoms with van der Waals surface area (Å²) in [5.74, 6) is 0.119. The Balaban J connectivity index is 2.91. The second kappa shape index (κ2) is 7.14. The summed E-state index contributed by atoms with van der Waals surface area (Å²) in [7, 11) is 5.68. The lowest BCUT2D eigenvalue weighted by Gasteiger charge is -2.26. The summed E-state index contributed by atoms with van der Waals surface area (Å²) in [6.07, 6.45) is 1.67. The van der Waals surface area contributed by atoms with E-state index in [0.29, 0.717) is 6.42 Å². The minimum Gasteiger partial charge on any atom is -0.496 e. The molecular weight excluding hydrogens is 242 g/mol. The molecule has 1 rings (SSSR count). The molecule has 4 heteroatoms. The molecule has 0 spiro atoms. The fourth-order valence-corrected chi connectivity index (χ4v) is 2.25. The lowest BCUT2D eigenvalue weighted by atomic mass is 9.97. The average molecular weight is 265 g/mol. The molecule has 0 aromatic heterocycles. The predicted octanol–water partition coefficient (Wildman–Crippen LogP) is 2.86. The van der Waals surface area contributed by atoms with Gasteiger partial charge in [0.1, 0.15) is 5.75 Å². The first-order chi connectivity index (χ1) is 8.95. The minimum absolute atomic E-state index is 0.175. The highest BCUT2D eigenvalue weighted by Crippen LogP contribution is 2.32. The molecule has 0 fully saturated rings. The third-order valence-electron chi connectivity index (χ3n) is 3.24. The predicted molar refractivity (Wildman–Crippen MR) is 75.6 cm³/mol. The van der Waals surface area contributed by atoms with E-state index >= 15 is 0 Å². The van der Waals surface area contributed by atoms with Gasteiger partial charge in [0.05, 0.1) is 7.11 Å². The third-order valence-corrected chi connectivity index (χ3v) is 3.24. The van der Waals surface area contributed by atoms with Crippen molar-refractivity contribution in [3.8, 4) is 5.75 Å². The van der Waals surface area contributed by atoms with Gasteiger partial charge in [0.15, 0.2) is 0 Å². The highest BCUT2D eigenvalue weighted by molar-refractivity contribution is 5.66. The molecule has 0 aliphatic carbocycles. The standard InChI is InChI=1S/C15H23NO3/c1-11-8-9-14(19-4)12(10-11)13(16(2)3)6-5-7-15(17)18/h8-10,13H,5-7H2,1-4H3,(H,17,18). The Labute approximate surface area is 115 Å². The van der Waals surface area contributed by atoms with Crippen molar-refractivity contribution in [2.75, 3.05) is 21.2 Å². The molecule has 1 atom stereocenters. The molecular formula is C15H23NO3. The van der Waals surface area contributed by atoms with E-state index in [1.165, 1.54) is 5.56 Å². The molecule has 106 valence electrons. The number of aliphatic carboxylic acids is 1. The fraction of sp³-hybridized carbons (Fsp3) is 0.533. The number of methoxy groups -OCH3 is 1. The highest BCUT2D eigenvalue weighted by atomic mass is 16.5. The maximum Gasteiger partial charge on any atom is 0.303 e. The summed E-state index contributed by atoms with van der Waals surface area (Å²) in [6.45, 7) is 2.05. The number of rotatable bonds is 7. The Morgan fingerprint density at radius 2 is 2.11 bits per heavy atom. The molecule has 0 radical (unpaired) electrons. The van der Waals surface area contributed by atoms with Crippen LogP contribution in [0.4, 0.5) is 0 Å². The number of carboxylic acid groups (broad SMARTS) is 1. The van der Waals surface area contributed by atoms with Crippen LogP contribution >= 0.6 is 0 Å². The summed E-state index contributed by atoms with van der Waals surface area (Å²) >= 11 is 0. The van der Waals surface area contributed by atoms with Gasteiger partial charge in [-0.15, -0.1) is 0 Å². The Bertz CT molecular complexity index is 429. The van der Waals surface area contributed by atoms with Gasteiger partial charge in [-0.2, -0.15) is 0 Å². The molecule has 0 aliphatic heterocycles. The van der Waals surface area contributed by atoms with Gasteiger partial charge in [-0.3, -0.25) is 4.79 Å². The van der Waals surface area contributed by atoms with Crippen LogP contribution in [-0.4, -0.2) is 37.2 Å². The van der Waals surface area contributed by atoms with E-state index < -0.39 is 5.97 Å². The molecule has 0 saturated heterocycles. The molecule has 0 heterocycles. The first kappa shape index (κ1) is 15.5. The van der Waals surface area contributed by atoms with Crippen molar-refractivity contribution >= 4 is 5.97 Å². The molecule has 0 bridgehead atoms. The lowest BCUT2D eigenvalue weighted by Crippen LogP contribution is -2.21. The van der Waals surface area contributed by atoms with E-state index in [0.717, 1.165) is 17.7 Å². The van der Waals surface area contributed by atoms with Gasteiger partial charge in [-0.25, -0.2) is 0 Å². The molecule has 0 saturated carbocycles. The van der Waals surface area contributed by atoms with E-state index in [1.54, 1.807) is 7.11 Å². The molecule has 1 N–H and O–H groups in total. The second-order valence-electron chi connectivity index (χ2n) is 5.01. The Morgan fingerprint density at radius 1 is 1.42 bits per heavy atom. The van der Waals surface area contributed by atoms with Crippen LogP contribution in [0.5, 0.6) is 5.75 Å². The number of benzene rings is 1. The van der Waals surface area contributed by atoms with Gasteiger partial charge in [0.25, 0.3) is 0 Å². The third kappa shape index (κ3) is 4.56. The topological polar surface area (TPSA) is 49.8 Å². The summed E-state index contributed by atoms with van der Waals surface area (Å²) in [6, 6.07) is 6.28. The second-order valence-corrected chi connectivity index (χ2v) is 5.01. The van der Waals surface area contributed by atoms with Crippen molar-refractivity contribution in [3.63, 3.8) is 0 Å². The number of aryl methyl sites for hydroxylation is 1. The normalized spacial score (nSPS) is 12.5. The van der Waals surface area contributed by atoms with Crippen molar-refractivity contribution in [3.05, 3.63) is 29.3 Å². The molecule has 4 nitrogen and oxygen atoms in total. The maximum atomic E-state index is 10.6. The molecule has 19 heavy (non-hydrogen) atoms. The summed E-state index contributed by atoms with van der Waals surface area (Å²) in [5, 5.41) is 8.74. The number of carbonyl (C=O) groups is 1. The van der Waals surface area contributed by atoms with Gasteiger partial charge in [-0.1, -0.05) is 17.7 Å². The van der Waals surface area contributed by atoms with Crippen LogP contribution in [0, 0.1) is 6.92 Å². The molecule has 1 unspecified atom stereocenters. The van der Waals surface area contributed by atoms with Gasteiger partial charge < -0.3 is 14.7 Å². The SMILES string of the molecule is COc1ccc(C)cc1C(CCCC(=O)O)N(C)C. The van der Waals surface area contributed by atoms with E-state index in [9.17, 15) is 4.79 Å². The van der Waals surface area contributed by atoms with Crippen LogP contribution in [0.2, 0.25) is 0 Å². The summed E-state index contributed by atoms with van der Waals surface area (Å²) in [5.41, 5.74) is 2.30. The number of hydrogen-bond donors (Lipinski definition) is 1. The van der Waals surface area contributed by atoms with Crippen LogP contribution < -0.4 is 4.74 Å².